The zero-order valence-electron chi connectivity index (χ0n) is 10.2. The molecule has 0 unspecified atom stereocenters. The Kier molecular flexibility index (Phi) is 4.15. The highest BCUT2D eigenvalue weighted by atomic mass is 35.5. The molecule has 0 bridgehead atoms. The van der Waals surface area contributed by atoms with Crippen LogP contribution in [0.2, 0.25) is 5.02 Å². The lowest BCUT2D eigenvalue weighted by Gasteiger charge is -2.09. The highest BCUT2D eigenvalue weighted by Gasteiger charge is 2.17. The molecule has 2 rings (SSSR count). The van der Waals surface area contributed by atoms with Crippen molar-refractivity contribution in [3.8, 4) is 0 Å². The van der Waals surface area contributed by atoms with Crippen molar-refractivity contribution < 1.29 is 8.42 Å². The summed E-state index contributed by atoms with van der Waals surface area (Å²) in [6, 6.07) is 6.73. The van der Waals surface area contributed by atoms with Crippen molar-refractivity contribution in [2.75, 3.05) is 4.72 Å². The Labute approximate surface area is 121 Å². The minimum atomic E-state index is -3.62. The third-order valence-electron chi connectivity index (χ3n) is 2.51. The largest absolute Gasteiger partial charge is 0.326 e. The molecule has 3 N–H and O–H groups in total. The van der Waals surface area contributed by atoms with Gasteiger partial charge in [-0.2, -0.15) is 0 Å². The number of halogens is 1. The van der Waals surface area contributed by atoms with Crippen LogP contribution in [0, 0.1) is 6.92 Å². The maximum absolute atomic E-state index is 12.2. The smallest absolute Gasteiger partial charge is 0.262 e. The van der Waals surface area contributed by atoms with Crippen LogP contribution in [-0.2, 0) is 16.6 Å². The Balaban J connectivity index is 2.33. The van der Waals surface area contributed by atoms with Crippen molar-refractivity contribution in [1.82, 2.24) is 0 Å². The van der Waals surface area contributed by atoms with Gasteiger partial charge in [-0.05, 0) is 30.7 Å². The highest BCUT2D eigenvalue weighted by molar-refractivity contribution is 7.92. The lowest BCUT2D eigenvalue weighted by molar-refractivity contribution is 0.601. The van der Waals surface area contributed by atoms with Crippen molar-refractivity contribution in [1.29, 1.82) is 0 Å². The van der Waals surface area contributed by atoms with Gasteiger partial charge in [-0.25, -0.2) is 8.42 Å². The van der Waals surface area contributed by atoms with Crippen LogP contribution in [0.15, 0.2) is 34.5 Å². The van der Waals surface area contributed by atoms with Crippen LogP contribution in [-0.4, -0.2) is 8.42 Å². The lowest BCUT2D eigenvalue weighted by atomic mass is 10.2. The first kappa shape index (κ1) is 14.3. The van der Waals surface area contributed by atoms with Gasteiger partial charge in [0.2, 0.25) is 0 Å². The fraction of sp³-hybridized carbons (Fsp3) is 0.167. The van der Waals surface area contributed by atoms with Gasteiger partial charge >= 0.3 is 0 Å². The van der Waals surface area contributed by atoms with Gasteiger partial charge in [-0.1, -0.05) is 17.7 Å². The second-order valence-electron chi connectivity index (χ2n) is 4.04. The van der Waals surface area contributed by atoms with E-state index < -0.39 is 10.0 Å². The Bertz CT molecular complexity index is 696. The number of hydrogen-bond acceptors (Lipinski definition) is 4. The molecule has 0 atom stereocenters. The van der Waals surface area contributed by atoms with E-state index in [1.807, 2.05) is 13.0 Å². The predicted octanol–water partition coefficient (Wildman–Crippen LogP) is 2.97. The van der Waals surface area contributed by atoms with Gasteiger partial charge in [0.15, 0.2) is 0 Å². The Morgan fingerprint density at radius 2 is 2.11 bits per heavy atom. The Morgan fingerprint density at radius 3 is 2.74 bits per heavy atom. The molecule has 0 spiro atoms. The second-order valence-corrected chi connectivity index (χ2v) is 7.13. The van der Waals surface area contributed by atoms with E-state index in [0.717, 1.165) is 10.4 Å². The normalized spacial score (nSPS) is 11.5. The summed E-state index contributed by atoms with van der Waals surface area (Å²) in [7, 11) is -3.62. The quantitative estimate of drug-likeness (QED) is 0.911. The molecule has 0 amide bonds. The number of anilines is 1. The number of benzene rings is 1. The molecule has 0 aliphatic rings. The molecular formula is C12H13ClN2O2S2. The molecule has 19 heavy (non-hydrogen) atoms. The molecule has 4 nitrogen and oxygen atoms in total. The van der Waals surface area contributed by atoms with E-state index in [1.165, 1.54) is 11.3 Å². The molecule has 2 aromatic rings. The molecule has 0 aliphatic heterocycles. The van der Waals surface area contributed by atoms with Gasteiger partial charge in [-0.3, -0.25) is 4.72 Å². The molecule has 0 radical (unpaired) electrons. The van der Waals surface area contributed by atoms with Crippen molar-refractivity contribution in [3.63, 3.8) is 0 Å². The average Bonchev–Trinajstić information content (AvgIpc) is 2.83. The molecule has 0 aliphatic carbocycles. The van der Waals surface area contributed by atoms with Crippen LogP contribution in [0.25, 0.3) is 0 Å². The number of aryl methyl sites for hydroxylation is 1. The third-order valence-corrected chi connectivity index (χ3v) is 5.29. The zero-order valence-corrected chi connectivity index (χ0v) is 12.6. The minimum Gasteiger partial charge on any atom is -0.326 e. The maximum Gasteiger partial charge on any atom is 0.262 e. The molecule has 0 saturated carbocycles. The number of nitrogens with two attached hydrogens (primary N) is 1. The van der Waals surface area contributed by atoms with Gasteiger partial charge in [0, 0.05) is 16.8 Å². The summed E-state index contributed by atoms with van der Waals surface area (Å²) < 4.78 is 26.9. The number of sulfonamides is 1. The maximum atomic E-state index is 12.2. The fourth-order valence-electron chi connectivity index (χ4n) is 1.53. The number of thiophene rings is 1. The van der Waals surface area contributed by atoms with Crippen LogP contribution >= 0.6 is 22.9 Å². The van der Waals surface area contributed by atoms with Gasteiger partial charge in [0.05, 0.1) is 15.6 Å². The monoisotopic (exact) mass is 316 g/mol. The van der Waals surface area contributed by atoms with E-state index in [0.29, 0.717) is 17.3 Å². The molecule has 1 heterocycles. The van der Waals surface area contributed by atoms with Crippen LogP contribution in [0.3, 0.4) is 0 Å². The van der Waals surface area contributed by atoms with Gasteiger partial charge in [0.25, 0.3) is 10.0 Å². The fourth-order valence-corrected chi connectivity index (χ4v) is 3.98. The van der Waals surface area contributed by atoms with Crippen molar-refractivity contribution in [2.45, 2.75) is 18.4 Å². The molecule has 0 fully saturated rings. The molecular weight excluding hydrogens is 304 g/mol. The topological polar surface area (TPSA) is 72.2 Å². The summed E-state index contributed by atoms with van der Waals surface area (Å²) in [6.45, 7) is 2.19. The Hall–Kier alpha value is -1.08. The molecule has 102 valence electrons. The number of nitrogens with one attached hydrogen (secondary N) is 1. The van der Waals surface area contributed by atoms with Crippen molar-refractivity contribution in [3.05, 3.63) is 45.1 Å². The standard InChI is InChI=1S/C12H13ClN2O2S2/c1-8-2-3-11(13)12(4-8)15-19(16,17)10-5-9(6-14)18-7-10/h2-5,7,15H,6,14H2,1H3. The highest BCUT2D eigenvalue weighted by Crippen LogP contribution is 2.27. The molecule has 1 aromatic heterocycles. The van der Waals surface area contributed by atoms with E-state index in [-0.39, 0.29) is 4.90 Å². The summed E-state index contributed by atoms with van der Waals surface area (Å²) in [6.07, 6.45) is 0. The van der Waals surface area contributed by atoms with Gasteiger partial charge < -0.3 is 5.73 Å². The first-order chi connectivity index (χ1) is 8.92. The Morgan fingerprint density at radius 1 is 1.37 bits per heavy atom. The van der Waals surface area contributed by atoms with E-state index in [1.54, 1.807) is 23.6 Å². The molecule has 7 heteroatoms. The van der Waals surface area contributed by atoms with Crippen LogP contribution in [0.1, 0.15) is 10.4 Å². The number of rotatable bonds is 4. The molecule has 1 aromatic carbocycles. The summed E-state index contributed by atoms with van der Waals surface area (Å²) in [5, 5.41) is 1.93. The van der Waals surface area contributed by atoms with Crippen molar-refractivity contribution in [2.24, 2.45) is 5.73 Å². The van der Waals surface area contributed by atoms with E-state index in [9.17, 15) is 8.42 Å². The van der Waals surface area contributed by atoms with E-state index in [4.69, 9.17) is 17.3 Å². The van der Waals surface area contributed by atoms with Crippen LogP contribution in [0.4, 0.5) is 5.69 Å². The van der Waals surface area contributed by atoms with Gasteiger partial charge in [0.1, 0.15) is 0 Å². The predicted molar refractivity (Wildman–Crippen MR) is 79.2 cm³/mol. The summed E-state index contributed by atoms with van der Waals surface area (Å²) in [4.78, 5) is 1.02. The first-order valence-corrected chi connectivity index (χ1v) is 8.23. The number of hydrogen-bond donors (Lipinski definition) is 2. The first-order valence-electron chi connectivity index (χ1n) is 5.49. The van der Waals surface area contributed by atoms with Crippen LogP contribution in [0.5, 0.6) is 0 Å². The lowest BCUT2D eigenvalue weighted by Crippen LogP contribution is -2.12. The minimum absolute atomic E-state index is 0.204. The van der Waals surface area contributed by atoms with E-state index >= 15 is 0 Å². The average molecular weight is 317 g/mol. The van der Waals surface area contributed by atoms with Crippen molar-refractivity contribution >= 4 is 38.6 Å². The summed E-state index contributed by atoms with van der Waals surface area (Å²) in [5.41, 5.74) is 6.78. The molecule has 0 saturated heterocycles. The van der Waals surface area contributed by atoms with E-state index in [2.05, 4.69) is 4.72 Å². The zero-order chi connectivity index (χ0) is 14.0. The SMILES string of the molecule is Cc1ccc(Cl)c(NS(=O)(=O)c2csc(CN)c2)c1. The van der Waals surface area contributed by atoms with Gasteiger partial charge in [-0.15, -0.1) is 11.3 Å². The third kappa shape index (κ3) is 3.27. The summed E-state index contributed by atoms with van der Waals surface area (Å²) in [5.74, 6) is 0. The summed E-state index contributed by atoms with van der Waals surface area (Å²) >= 11 is 7.30. The van der Waals surface area contributed by atoms with Crippen LogP contribution < -0.4 is 10.5 Å². The second kappa shape index (κ2) is 5.50.